The van der Waals surface area contributed by atoms with E-state index >= 15 is 0 Å². The highest BCUT2D eigenvalue weighted by Crippen LogP contribution is 2.41. The van der Waals surface area contributed by atoms with Gasteiger partial charge in [-0.1, -0.05) is 0 Å². The molecule has 0 aliphatic carbocycles. The molecule has 0 unspecified atom stereocenters. The number of methoxy groups -OCH3 is 2. The molecule has 1 aromatic carbocycles. The predicted octanol–water partition coefficient (Wildman–Crippen LogP) is 2.66. The fourth-order valence-corrected chi connectivity index (χ4v) is 2.60. The SMILES string of the molecule is COc1cc(C)cc(OC)c1-c1nc(C)nc2c1cnn2C. The van der Waals surface area contributed by atoms with Gasteiger partial charge in [0, 0.05) is 7.05 Å². The minimum Gasteiger partial charge on any atom is -0.496 e. The van der Waals surface area contributed by atoms with Crippen molar-refractivity contribution in [2.45, 2.75) is 13.8 Å². The lowest BCUT2D eigenvalue weighted by Crippen LogP contribution is -2.00. The Morgan fingerprint density at radius 2 is 1.64 bits per heavy atom. The summed E-state index contributed by atoms with van der Waals surface area (Å²) in [5.41, 5.74) is 3.43. The van der Waals surface area contributed by atoms with Crippen LogP contribution >= 0.6 is 0 Å². The lowest BCUT2D eigenvalue weighted by molar-refractivity contribution is 0.396. The molecule has 3 rings (SSSR count). The average Bonchev–Trinajstić information content (AvgIpc) is 2.87. The summed E-state index contributed by atoms with van der Waals surface area (Å²) >= 11 is 0. The predicted molar refractivity (Wildman–Crippen MR) is 84.3 cm³/mol. The van der Waals surface area contributed by atoms with E-state index in [9.17, 15) is 0 Å². The van der Waals surface area contributed by atoms with Gasteiger partial charge in [0.05, 0.1) is 37.1 Å². The van der Waals surface area contributed by atoms with E-state index in [-0.39, 0.29) is 0 Å². The summed E-state index contributed by atoms with van der Waals surface area (Å²) < 4.78 is 12.8. The zero-order valence-electron chi connectivity index (χ0n) is 13.3. The van der Waals surface area contributed by atoms with Gasteiger partial charge in [0.2, 0.25) is 0 Å². The Balaban J connectivity index is 2.41. The normalized spacial score (nSPS) is 11.0. The highest BCUT2D eigenvalue weighted by Gasteiger charge is 2.20. The maximum atomic E-state index is 5.55. The number of hydrogen-bond acceptors (Lipinski definition) is 5. The molecule has 0 aliphatic heterocycles. The molecule has 0 bridgehead atoms. The van der Waals surface area contributed by atoms with E-state index in [0.717, 1.165) is 39.4 Å². The van der Waals surface area contributed by atoms with E-state index < -0.39 is 0 Å². The van der Waals surface area contributed by atoms with Crippen LogP contribution in [0.1, 0.15) is 11.4 Å². The molecule has 0 amide bonds. The number of fused-ring (bicyclic) bond motifs is 1. The smallest absolute Gasteiger partial charge is 0.161 e. The molecule has 0 N–H and O–H groups in total. The third-order valence-electron chi connectivity index (χ3n) is 3.59. The minimum absolute atomic E-state index is 0.677. The van der Waals surface area contributed by atoms with Crippen LogP contribution in [-0.2, 0) is 7.05 Å². The lowest BCUT2D eigenvalue weighted by Gasteiger charge is -2.15. The molecule has 0 fully saturated rings. The highest BCUT2D eigenvalue weighted by atomic mass is 16.5. The molecule has 6 nitrogen and oxygen atoms in total. The summed E-state index contributed by atoms with van der Waals surface area (Å²) in [5, 5.41) is 5.15. The molecule has 6 heteroatoms. The molecular weight excluding hydrogens is 280 g/mol. The summed E-state index contributed by atoms with van der Waals surface area (Å²) in [6, 6.07) is 3.94. The highest BCUT2D eigenvalue weighted by molar-refractivity contribution is 5.94. The maximum absolute atomic E-state index is 5.55. The number of rotatable bonds is 3. The first-order chi connectivity index (χ1) is 10.5. The minimum atomic E-state index is 0.677. The van der Waals surface area contributed by atoms with Crippen LogP contribution in [0.2, 0.25) is 0 Å². The first-order valence-electron chi connectivity index (χ1n) is 6.94. The maximum Gasteiger partial charge on any atom is 0.161 e. The molecule has 22 heavy (non-hydrogen) atoms. The van der Waals surface area contributed by atoms with E-state index in [1.54, 1.807) is 25.1 Å². The molecule has 3 aromatic rings. The summed E-state index contributed by atoms with van der Waals surface area (Å²) in [6.07, 6.45) is 1.77. The van der Waals surface area contributed by atoms with Crippen molar-refractivity contribution in [3.8, 4) is 22.8 Å². The fraction of sp³-hybridized carbons (Fsp3) is 0.312. The summed E-state index contributed by atoms with van der Waals surface area (Å²) in [7, 11) is 5.15. The van der Waals surface area contributed by atoms with E-state index in [2.05, 4.69) is 15.1 Å². The quantitative estimate of drug-likeness (QED) is 0.744. The number of ether oxygens (including phenoxy) is 2. The zero-order chi connectivity index (χ0) is 15.9. The third-order valence-corrected chi connectivity index (χ3v) is 3.59. The Morgan fingerprint density at radius 1 is 1.00 bits per heavy atom. The van der Waals surface area contributed by atoms with E-state index in [1.807, 2.05) is 33.0 Å². The van der Waals surface area contributed by atoms with Gasteiger partial charge >= 0.3 is 0 Å². The molecule has 0 saturated carbocycles. The molecule has 114 valence electrons. The van der Waals surface area contributed by atoms with Crippen LogP contribution in [-0.4, -0.2) is 34.0 Å². The Labute approximate surface area is 128 Å². The summed E-state index contributed by atoms with van der Waals surface area (Å²) in [4.78, 5) is 9.06. The van der Waals surface area contributed by atoms with Gasteiger partial charge in [0.25, 0.3) is 0 Å². The Hall–Kier alpha value is -2.63. The molecular formula is C16H18N4O2. The summed E-state index contributed by atoms with van der Waals surface area (Å²) in [5.74, 6) is 2.12. The van der Waals surface area contributed by atoms with Crippen LogP contribution in [0.3, 0.4) is 0 Å². The van der Waals surface area contributed by atoms with Crippen molar-refractivity contribution < 1.29 is 9.47 Å². The molecule has 0 spiro atoms. The van der Waals surface area contributed by atoms with Crippen molar-refractivity contribution in [1.29, 1.82) is 0 Å². The second-order valence-corrected chi connectivity index (χ2v) is 5.17. The van der Waals surface area contributed by atoms with Gasteiger partial charge in [-0.2, -0.15) is 5.10 Å². The number of nitrogens with zero attached hydrogens (tertiary/aromatic N) is 4. The van der Waals surface area contributed by atoms with Gasteiger partial charge in [-0.25, -0.2) is 9.97 Å². The molecule has 0 atom stereocenters. The van der Waals surface area contributed by atoms with Gasteiger partial charge < -0.3 is 9.47 Å². The summed E-state index contributed by atoms with van der Waals surface area (Å²) in [6.45, 7) is 3.86. The Kier molecular flexibility index (Phi) is 3.44. The van der Waals surface area contributed by atoms with Crippen molar-refractivity contribution in [3.63, 3.8) is 0 Å². The second-order valence-electron chi connectivity index (χ2n) is 5.17. The van der Waals surface area contributed by atoms with Gasteiger partial charge in [-0.05, 0) is 31.5 Å². The molecule has 2 aromatic heterocycles. The van der Waals surface area contributed by atoms with Crippen molar-refractivity contribution >= 4 is 11.0 Å². The molecule has 0 radical (unpaired) electrons. The zero-order valence-corrected chi connectivity index (χ0v) is 13.3. The van der Waals surface area contributed by atoms with Crippen LogP contribution in [0.25, 0.3) is 22.3 Å². The lowest BCUT2D eigenvalue weighted by atomic mass is 10.0. The molecule has 0 aliphatic rings. The number of benzene rings is 1. The van der Waals surface area contributed by atoms with Crippen LogP contribution in [0.4, 0.5) is 0 Å². The van der Waals surface area contributed by atoms with Crippen molar-refractivity contribution in [1.82, 2.24) is 19.7 Å². The van der Waals surface area contributed by atoms with E-state index in [1.165, 1.54) is 0 Å². The molecule has 2 heterocycles. The fourth-order valence-electron chi connectivity index (χ4n) is 2.60. The van der Waals surface area contributed by atoms with Crippen LogP contribution in [0.15, 0.2) is 18.3 Å². The third kappa shape index (κ3) is 2.16. The van der Waals surface area contributed by atoms with Gasteiger partial charge in [0.15, 0.2) is 5.65 Å². The standard InChI is InChI=1S/C16H18N4O2/c1-9-6-12(21-4)14(13(7-9)22-5)15-11-8-17-20(3)16(11)19-10(2)18-15/h6-8H,1-5H3. The second kappa shape index (κ2) is 5.29. The monoisotopic (exact) mass is 298 g/mol. The number of aryl methyl sites for hydroxylation is 3. The Bertz CT molecular complexity index is 830. The van der Waals surface area contributed by atoms with Crippen molar-refractivity contribution in [2.75, 3.05) is 14.2 Å². The van der Waals surface area contributed by atoms with E-state index in [4.69, 9.17) is 9.47 Å². The van der Waals surface area contributed by atoms with Gasteiger partial charge in [0.1, 0.15) is 17.3 Å². The number of hydrogen-bond donors (Lipinski definition) is 0. The largest absolute Gasteiger partial charge is 0.496 e. The van der Waals surface area contributed by atoms with Gasteiger partial charge in [-0.3, -0.25) is 4.68 Å². The van der Waals surface area contributed by atoms with E-state index in [0.29, 0.717) is 5.82 Å². The van der Waals surface area contributed by atoms with Crippen LogP contribution < -0.4 is 9.47 Å². The van der Waals surface area contributed by atoms with Crippen LogP contribution in [0.5, 0.6) is 11.5 Å². The molecule has 0 saturated heterocycles. The van der Waals surface area contributed by atoms with Crippen molar-refractivity contribution in [2.24, 2.45) is 7.05 Å². The first kappa shape index (κ1) is 14.3. The van der Waals surface area contributed by atoms with Gasteiger partial charge in [-0.15, -0.1) is 0 Å². The average molecular weight is 298 g/mol. The first-order valence-corrected chi connectivity index (χ1v) is 6.94. The number of aromatic nitrogens is 4. The Morgan fingerprint density at radius 3 is 2.23 bits per heavy atom. The van der Waals surface area contributed by atoms with Crippen molar-refractivity contribution in [3.05, 3.63) is 29.7 Å². The topological polar surface area (TPSA) is 62.1 Å². The van der Waals surface area contributed by atoms with Crippen LogP contribution in [0, 0.1) is 13.8 Å².